The Morgan fingerprint density at radius 3 is 3.00 bits per heavy atom. The SMILES string of the molecule is C=NCCCn1nncc1CCCCN. The van der Waals surface area contributed by atoms with Crippen LogP contribution in [0.5, 0.6) is 0 Å². The fourth-order valence-electron chi connectivity index (χ4n) is 1.44. The van der Waals surface area contributed by atoms with Crippen molar-refractivity contribution in [3.05, 3.63) is 11.9 Å². The van der Waals surface area contributed by atoms with E-state index in [9.17, 15) is 0 Å². The summed E-state index contributed by atoms with van der Waals surface area (Å²) in [5, 5.41) is 7.96. The summed E-state index contributed by atoms with van der Waals surface area (Å²) in [4.78, 5) is 3.81. The van der Waals surface area contributed by atoms with E-state index in [4.69, 9.17) is 5.73 Å². The first kappa shape index (κ1) is 11.8. The van der Waals surface area contributed by atoms with Crippen molar-refractivity contribution in [2.45, 2.75) is 32.2 Å². The predicted molar refractivity (Wildman–Crippen MR) is 61.0 cm³/mol. The van der Waals surface area contributed by atoms with Crippen molar-refractivity contribution >= 4 is 6.72 Å². The van der Waals surface area contributed by atoms with Crippen molar-refractivity contribution in [1.82, 2.24) is 15.0 Å². The van der Waals surface area contributed by atoms with Crippen LogP contribution in [0.4, 0.5) is 0 Å². The number of aromatic nitrogens is 3. The van der Waals surface area contributed by atoms with Gasteiger partial charge in [-0.3, -0.25) is 0 Å². The van der Waals surface area contributed by atoms with Gasteiger partial charge in [-0.25, -0.2) is 4.68 Å². The maximum Gasteiger partial charge on any atom is 0.0725 e. The Kier molecular flexibility index (Phi) is 5.62. The van der Waals surface area contributed by atoms with Crippen LogP contribution in [0.15, 0.2) is 11.2 Å². The van der Waals surface area contributed by atoms with E-state index in [0.717, 1.165) is 45.3 Å². The third-order valence-corrected chi connectivity index (χ3v) is 2.27. The van der Waals surface area contributed by atoms with Crippen LogP contribution in [0.25, 0.3) is 0 Å². The summed E-state index contributed by atoms with van der Waals surface area (Å²) < 4.78 is 1.95. The number of rotatable bonds is 8. The van der Waals surface area contributed by atoms with Gasteiger partial charge in [0.05, 0.1) is 11.9 Å². The smallest absolute Gasteiger partial charge is 0.0725 e. The summed E-state index contributed by atoms with van der Waals surface area (Å²) in [6, 6.07) is 0. The Bertz CT molecular complexity index is 281. The second-order valence-electron chi connectivity index (χ2n) is 3.50. The number of hydrogen-bond acceptors (Lipinski definition) is 4. The van der Waals surface area contributed by atoms with Gasteiger partial charge in [0.2, 0.25) is 0 Å². The van der Waals surface area contributed by atoms with Gasteiger partial charge in [-0.05, 0) is 38.9 Å². The molecule has 0 aliphatic heterocycles. The van der Waals surface area contributed by atoms with Crippen molar-refractivity contribution in [3.8, 4) is 0 Å². The summed E-state index contributed by atoms with van der Waals surface area (Å²) in [6.45, 7) is 5.86. The first-order valence-electron chi connectivity index (χ1n) is 5.38. The Morgan fingerprint density at radius 2 is 2.27 bits per heavy atom. The molecule has 84 valence electrons. The highest BCUT2D eigenvalue weighted by Crippen LogP contribution is 2.03. The van der Waals surface area contributed by atoms with Crippen molar-refractivity contribution < 1.29 is 0 Å². The summed E-state index contributed by atoms with van der Waals surface area (Å²) in [6.07, 6.45) is 5.96. The van der Waals surface area contributed by atoms with Gasteiger partial charge < -0.3 is 10.7 Å². The lowest BCUT2D eigenvalue weighted by Crippen LogP contribution is -2.07. The van der Waals surface area contributed by atoms with Crippen molar-refractivity contribution in [1.29, 1.82) is 0 Å². The van der Waals surface area contributed by atoms with Gasteiger partial charge >= 0.3 is 0 Å². The van der Waals surface area contributed by atoms with Crippen LogP contribution in [0.1, 0.15) is 25.0 Å². The van der Waals surface area contributed by atoms with Crippen LogP contribution in [0, 0.1) is 0 Å². The Balaban J connectivity index is 2.35. The van der Waals surface area contributed by atoms with E-state index in [-0.39, 0.29) is 0 Å². The van der Waals surface area contributed by atoms with Crippen molar-refractivity contribution in [3.63, 3.8) is 0 Å². The molecule has 1 aromatic rings. The Morgan fingerprint density at radius 1 is 1.40 bits per heavy atom. The van der Waals surface area contributed by atoms with E-state index in [1.54, 1.807) is 0 Å². The van der Waals surface area contributed by atoms with Crippen LogP contribution in [0.3, 0.4) is 0 Å². The normalized spacial score (nSPS) is 10.5. The molecule has 5 heteroatoms. The number of unbranched alkanes of at least 4 members (excludes halogenated alkanes) is 1. The minimum Gasteiger partial charge on any atom is -0.330 e. The van der Waals surface area contributed by atoms with E-state index in [1.165, 1.54) is 5.69 Å². The fourth-order valence-corrected chi connectivity index (χ4v) is 1.44. The lowest BCUT2D eigenvalue weighted by Gasteiger charge is -2.04. The fraction of sp³-hybridized carbons (Fsp3) is 0.700. The molecule has 0 radical (unpaired) electrons. The first-order valence-corrected chi connectivity index (χ1v) is 5.38. The molecule has 0 saturated heterocycles. The van der Waals surface area contributed by atoms with Gasteiger partial charge in [0, 0.05) is 13.1 Å². The average molecular weight is 209 g/mol. The molecule has 0 amide bonds. The summed E-state index contributed by atoms with van der Waals surface area (Å²) in [5.74, 6) is 0. The molecule has 15 heavy (non-hydrogen) atoms. The van der Waals surface area contributed by atoms with Gasteiger partial charge in [-0.2, -0.15) is 0 Å². The highest BCUT2D eigenvalue weighted by Gasteiger charge is 2.02. The minimum atomic E-state index is 0.752. The molecule has 0 saturated carbocycles. The van der Waals surface area contributed by atoms with E-state index < -0.39 is 0 Å². The monoisotopic (exact) mass is 209 g/mol. The molecule has 0 bridgehead atoms. The van der Waals surface area contributed by atoms with Crippen LogP contribution in [-0.4, -0.2) is 34.8 Å². The van der Waals surface area contributed by atoms with Gasteiger partial charge in [-0.15, -0.1) is 5.10 Å². The Labute approximate surface area is 90.4 Å². The maximum atomic E-state index is 5.45. The van der Waals surface area contributed by atoms with E-state index in [2.05, 4.69) is 22.0 Å². The van der Waals surface area contributed by atoms with Crippen LogP contribution in [0.2, 0.25) is 0 Å². The van der Waals surface area contributed by atoms with Crippen LogP contribution >= 0.6 is 0 Å². The second-order valence-corrected chi connectivity index (χ2v) is 3.50. The molecular formula is C10H19N5. The van der Waals surface area contributed by atoms with Gasteiger partial charge in [0.25, 0.3) is 0 Å². The minimum absolute atomic E-state index is 0.752. The maximum absolute atomic E-state index is 5.45. The molecule has 0 aromatic carbocycles. The van der Waals surface area contributed by atoms with Crippen LogP contribution in [-0.2, 0) is 13.0 Å². The summed E-state index contributed by atoms with van der Waals surface area (Å²) in [7, 11) is 0. The molecule has 1 aromatic heterocycles. The van der Waals surface area contributed by atoms with Crippen molar-refractivity contribution in [2.75, 3.05) is 13.1 Å². The molecule has 0 aliphatic rings. The number of hydrogen-bond donors (Lipinski definition) is 1. The highest BCUT2D eigenvalue weighted by atomic mass is 15.4. The molecule has 1 heterocycles. The number of nitrogens with two attached hydrogens (primary N) is 1. The largest absolute Gasteiger partial charge is 0.330 e. The molecule has 0 atom stereocenters. The quantitative estimate of drug-likeness (QED) is 0.505. The second kappa shape index (κ2) is 7.11. The van der Waals surface area contributed by atoms with E-state index in [1.807, 2.05) is 10.9 Å². The predicted octanol–water partition coefficient (Wildman–Crippen LogP) is 0.650. The first-order chi connectivity index (χ1) is 7.38. The number of aryl methyl sites for hydroxylation is 2. The topological polar surface area (TPSA) is 69.1 Å². The molecule has 0 spiro atoms. The number of nitrogens with zero attached hydrogens (tertiary/aromatic N) is 4. The molecule has 0 fully saturated rings. The summed E-state index contributed by atoms with van der Waals surface area (Å²) >= 11 is 0. The lowest BCUT2D eigenvalue weighted by atomic mass is 10.2. The molecule has 0 unspecified atom stereocenters. The van der Waals surface area contributed by atoms with Gasteiger partial charge in [0.1, 0.15) is 0 Å². The molecule has 2 N–H and O–H groups in total. The zero-order valence-electron chi connectivity index (χ0n) is 9.10. The van der Waals surface area contributed by atoms with Gasteiger partial charge in [0.15, 0.2) is 0 Å². The Hall–Kier alpha value is -1.23. The summed E-state index contributed by atoms with van der Waals surface area (Å²) in [5.41, 5.74) is 6.63. The zero-order valence-corrected chi connectivity index (χ0v) is 9.10. The third kappa shape index (κ3) is 4.20. The molecule has 5 nitrogen and oxygen atoms in total. The average Bonchev–Trinajstić information content (AvgIpc) is 2.67. The highest BCUT2D eigenvalue weighted by molar-refractivity contribution is 5.22. The molecule has 1 rings (SSSR count). The number of aliphatic imine (C=N–C) groups is 1. The third-order valence-electron chi connectivity index (χ3n) is 2.27. The van der Waals surface area contributed by atoms with Gasteiger partial charge in [-0.1, -0.05) is 5.21 Å². The zero-order chi connectivity index (χ0) is 10.9. The van der Waals surface area contributed by atoms with Crippen LogP contribution < -0.4 is 5.73 Å². The van der Waals surface area contributed by atoms with Crippen molar-refractivity contribution in [2.24, 2.45) is 10.7 Å². The van der Waals surface area contributed by atoms with E-state index >= 15 is 0 Å². The molecular weight excluding hydrogens is 190 g/mol. The van der Waals surface area contributed by atoms with E-state index in [0.29, 0.717) is 0 Å². The lowest BCUT2D eigenvalue weighted by molar-refractivity contribution is 0.537. The molecule has 0 aliphatic carbocycles. The standard InChI is InChI=1S/C10H19N5/c1-12-7-4-8-15-10(9-13-14-15)5-2-3-6-11/h9H,1-8,11H2.